The van der Waals surface area contributed by atoms with Crippen LogP contribution in [0, 0.1) is 0 Å². The number of rotatable bonds is 4. The van der Waals surface area contributed by atoms with Gasteiger partial charge in [-0.25, -0.2) is 4.98 Å². The molecular formula is C14H13BrN2OS. The molecule has 0 radical (unpaired) electrons. The van der Waals surface area contributed by atoms with Gasteiger partial charge in [-0.05, 0) is 40.2 Å². The first-order valence-corrected chi connectivity index (χ1v) is 7.78. The lowest BCUT2D eigenvalue weighted by Crippen LogP contribution is -1.96. The van der Waals surface area contributed by atoms with Gasteiger partial charge < -0.3 is 9.73 Å². The van der Waals surface area contributed by atoms with E-state index in [1.165, 1.54) is 4.88 Å². The predicted molar refractivity (Wildman–Crippen MR) is 82.7 cm³/mol. The minimum Gasteiger partial charge on any atom is -0.441 e. The molecule has 0 saturated heterocycles. The molecule has 0 aliphatic carbocycles. The average molecular weight is 337 g/mol. The van der Waals surface area contributed by atoms with Crippen molar-refractivity contribution in [3.8, 4) is 0 Å². The molecule has 5 heteroatoms. The Morgan fingerprint density at radius 2 is 2.26 bits per heavy atom. The highest BCUT2D eigenvalue weighted by Crippen LogP contribution is 2.23. The van der Waals surface area contributed by atoms with Gasteiger partial charge in [-0.1, -0.05) is 6.92 Å². The molecule has 3 aromatic rings. The lowest BCUT2D eigenvalue weighted by Gasteiger charge is -2.03. The van der Waals surface area contributed by atoms with Crippen molar-refractivity contribution in [1.29, 1.82) is 0 Å². The monoisotopic (exact) mass is 336 g/mol. The highest BCUT2D eigenvalue weighted by Gasteiger charge is 2.05. The van der Waals surface area contributed by atoms with E-state index in [0.29, 0.717) is 0 Å². The molecule has 0 fully saturated rings. The fourth-order valence-corrected chi connectivity index (χ4v) is 3.26. The summed E-state index contributed by atoms with van der Waals surface area (Å²) in [4.78, 5) is 5.73. The van der Waals surface area contributed by atoms with Crippen molar-refractivity contribution in [3.63, 3.8) is 0 Å². The van der Waals surface area contributed by atoms with Crippen molar-refractivity contribution in [2.24, 2.45) is 0 Å². The molecule has 1 aromatic carbocycles. The Bertz CT molecular complexity index is 704. The lowest BCUT2D eigenvalue weighted by atomic mass is 10.3. The van der Waals surface area contributed by atoms with Crippen LogP contribution in [0.3, 0.4) is 0 Å². The standard InChI is InChI=1S/C14H13BrN2OS/c1-2-14-17-12-6-10(3-4-13(12)18-14)16-7-11-5-9(15)8-19-11/h3-6,8,16H,2,7H2,1H3. The molecule has 0 amide bonds. The summed E-state index contributed by atoms with van der Waals surface area (Å²) in [6.45, 7) is 2.86. The Kier molecular flexibility index (Phi) is 3.57. The van der Waals surface area contributed by atoms with Crippen molar-refractivity contribution >= 4 is 44.1 Å². The van der Waals surface area contributed by atoms with E-state index in [2.05, 4.69) is 37.7 Å². The van der Waals surface area contributed by atoms with E-state index in [1.54, 1.807) is 11.3 Å². The maximum Gasteiger partial charge on any atom is 0.195 e. The minimum atomic E-state index is 0.786. The summed E-state index contributed by atoms with van der Waals surface area (Å²) >= 11 is 5.20. The number of hydrogen-bond donors (Lipinski definition) is 1. The number of nitrogens with one attached hydrogen (secondary N) is 1. The van der Waals surface area contributed by atoms with Gasteiger partial charge in [0.05, 0.1) is 0 Å². The maximum absolute atomic E-state index is 5.60. The first-order chi connectivity index (χ1) is 9.24. The summed E-state index contributed by atoms with van der Waals surface area (Å²) in [5, 5.41) is 5.49. The van der Waals surface area contributed by atoms with Crippen LogP contribution in [-0.2, 0) is 13.0 Å². The smallest absolute Gasteiger partial charge is 0.195 e. The second kappa shape index (κ2) is 5.35. The molecule has 2 heterocycles. The van der Waals surface area contributed by atoms with Crippen molar-refractivity contribution in [2.45, 2.75) is 19.9 Å². The Morgan fingerprint density at radius 1 is 1.37 bits per heavy atom. The maximum atomic E-state index is 5.60. The third-order valence-electron chi connectivity index (χ3n) is 2.82. The minimum absolute atomic E-state index is 0.786. The molecule has 0 bridgehead atoms. The zero-order valence-corrected chi connectivity index (χ0v) is 12.8. The van der Waals surface area contributed by atoms with Gasteiger partial charge in [0.2, 0.25) is 0 Å². The molecule has 3 rings (SSSR count). The van der Waals surface area contributed by atoms with E-state index in [0.717, 1.165) is 40.1 Å². The SMILES string of the molecule is CCc1nc2cc(NCc3cc(Br)cs3)ccc2o1. The molecular weight excluding hydrogens is 324 g/mol. The Labute approximate surface area is 123 Å². The number of fused-ring (bicyclic) bond motifs is 1. The van der Waals surface area contributed by atoms with Gasteiger partial charge in [-0.2, -0.15) is 0 Å². The number of hydrogen-bond acceptors (Lipinski definition) is 4. The Morgan fingerprint density at radius 3 is 3.00 bits per heavy atom. The highest BCUT2D eigenvalue weighted by molar-refractivity contribution is 9.10. The van der Waals surface area contributed by atoms with Crippen LogP contribution < -0.4 is 5.32 Å². The number of halogens is 1. The molecule has 3 nitrogen and oxygen atoms in total. The fraction of sp³-hybridized carbons (Fsp3) is 0.214. The van der Waals surface area contributed by atoms with Gasteiger partial charge in [0.25, 0.3) is 0 Å². The van der Waals surface area contributed by atoms with Crippen LogP contribution >= 0.6 is 27.3 Å². The summed E-state index contributed by atoms with van der Waals surface area (Å²) in [6, 6.07) is 8.14. The molecule has 19 heavy (non-hydrogen) atoms. The quantitative estimate of drug-likeness (QED) is 0.741. The van der Waals surface area contributed by atoms with Crippen molar-refractivity contribution in [1.82, 2.24) is 4.98 Å². The summed E-state index contributed by atoms with van der Waals surface area (Å²) in [6.07, 6.45) is 0.820. The molecule has 98 valence electrons. The normalized spacial score (nSPS) is 11.1. The Balaban J connectivity index is 1.77. The second-order valence-electron chi connectivity index (χ2n) is 4.23. The van der Waals surface area contributed by atoms with Crippen molar-refractivity contribution in [2.75, 3.05) is 5.32 Å². The van der Waals surface area contributed by atoms with Crippen molar-refractivity contribution in [3.05, 3.63) is 44.9 Å². The van der Waals surface area contributed by atoms with E-state index in [1.807, 2.05) is 25.1 Å². The molecule has 0 unspecified atom stereocenters. The van der Waals surface area contributed by atoms with Crippen LogP contribution in [0.1, 0.15) is 17.7 Å². The fourth-order valence-electron chi connectivity index (χ4n) is 1.87. The molecule has 0 spiro atoms. The van der Waals surface area contributed by atoms with Crippen LogP contribution in [-0.4, -0.2) is 4.98 Å². The summed E-state index contributed by atoms with van der Waals surface area (Å²) < 4.78 is 6.73. The summed E-state index contributed by atoms with van der Waals surface area (Å²) in [5.74, 6) is 0.786. The largest absolute Gasteiger partial charge is 0.441 e. The predicted octanol–water partition coefficient (Wildman–Crippen LogP) is 4.83. The van der Waals surface area contributed by atoms with Gasteiger partial charge in [-0.15, -0.1) is 11.3 Å². The number of aryl methyl sites for hydroxylation is 1. The van der Waals surface area contributed by atoms with Crippen LogP contribution in [0.5, 0.6) is 0 Å². The number of thiophene rings is 1. The third-order valence-corrected chi connectivity index (χ3v) is 4.52. The van der Waals surface area contributed by atoms with E-state index in [4.69, 9.17) is 4.42 Å². The van der Waals surface area contributed by atoms with E-state index in [9.17, 15) is 0 Å². The zero-order valence-electron chi connectivity index (χ0n) is 10.4. The third kappa shape index (κ3) is 2.82. The number of anilines is 1. The van der Waals surface area contributed by atoms with Crippen LogP contribution in [0.4, 0.5) is 5.69 Å². The zero-order chi connectivity index (χ0) is 13.2. The van der Waals surface area contributed by atoms with Crippen molar-refractivity contribution < 1.29 is 4.42 Å². The van der Waals surface area contributed by atoms with E-state index >= 15 is 0 Å². The number of benzene rings is 1. The van der Waals surface area contributed by atoms with Gasteiger partial charge in [0.15, 0.2) is 11.5 Å². The van der Waals surface area contributed by atoms with Gasteiger partial charge in [0.1, 0.15) is 5.52 Å². The molecule has 0 aliphatic heterocycles. The molecule has 1 N–H and O–H groups in total. The van der Waals surface area contributed by atoms with Gasteiger partial charge in [-0.3, -0.25) is 0 Å². The van der Waals surface area contributed by atoms with Gasteiger partial charge >= 0.3 is 0 Å². The van der Waals surface area contributed by atoms with Gasteiger partial charge in [0, 0.05) is 33.4 Å². The van der Waals surface area contributed by atoms with E-state index in [-0.39, 0.29) is 0 Å². The Hall–Kier alpha value is -1.33. The average Bonchev–Trinajstić information content (AvgIpc) is 3.01. The number of aromatic nitrogens is 1. The first-order valence-electron chi connectivity index (χ1n) is 6.11. The molecule has 2 aromatic heterocycles. The number of oxazole rings is 1. The summed E-state index contributed by atoms with van der Waals surface area (Å²) in [7, 11) is 0. The molecule has 0 saturated carbocycles. The topological polar surface area (TPSA) is 38.1 Å². The molecule has 0 atom stereocenters. The first kappa shape index (κ1) is 12.7. The number of nitrogens with zero attached hydrogens (tertiary/aromatic N) is 1. The van der Waals surface area contributed by atoms with E-state index < -0.39 is 0 Å². The van der Waals surface area contributed by atoms with Crippen LogP contribution in [0.15, 0.2) is 38.5 Å². The lowest BCUT2D eigenvalue weighted by molar-refractivity contribution is 0.538. The highest BCUT2D eigenvalue weighted by atomic mass is 79.9. The van der Waals surface area contributed by atoms with Crippen LogP contribution in [0.2, 0.25) is 0 Å². The second-order valence-corrected chi connectivity index (χ2v) is 6.14. The summed E-state index contributed by atoms with van der Waals surface area (Å²) in [5.41, 5.74) is 2.82. The van der Waals surface area contributed by atoms with Crippen LogP contribution in [0.25, 0.3) is 11.1 Å². The molecule has 0 aliphatic rings.